The average molecular weight is 417 g/mol. The normalized spacial score (nSPS) is 27.2. The molecule has 1 amide bonds. The number of rotatable bonds is 2. The molecule has 2 saturated heterocycles. The molecule has 1 saturated carbocycles. The van der Waals surface area contributed by atoms with Crippen LogP contribution in [0.5, 0.6) is 0 Å². The second kappa shape index (κ2) is 6.99. The van der Waals surface area contributed by atoms with Crippen LogP contribution in [-0.2, 0) is 14.0 Å². The minimum absolute atomic E-state index is 0.0955. The van der Waals surface area contributed by atoms with Crippen molar-refractivity contribution in [1.82, 2.24) is 14.7 Å². The second-order valence-electron chi connectivity index (χ2n) is 11.2. The maximum absolute atomic E-state index is 12.8. The van der Waals surface area contributed by atoms with Gasteiger partial charge in [-0.25, -0.2) is 4.79 Å². The molecule has 3 aliphatic rings. The van der Waals surface area contributed by atoms with Gasteiger partial charge in [0, 0.05) is 29.9 Å². The first kappa shape index (κ1) is 21.7. The minimum Gasteiger partial charge on any atom is -0.444 e. The molecule has 0 N–H and O–H groups in total. The molecule has 1 spiro atoms. The van der Waals surface area contributed by atoms with E-state index in [9.17, 15) is 4.79 Å². The number of hydrogen-bond acceptors (Lipinski definition) is 5. The summed E-state index contributed by atoms with van der Waals surface area (Å²) in [6.07, 6.45) is 8.74. The highest BCUT2D eigenvalue weighted by Gasteiger charge is 2.53. The van der Waals surface area contributed by atoms with E-state index in [0.29, 0.717) is 6.54 Å². The highest BCUT2D eigenvalue weighted by Crippen LogP contribution is 2.48. The van der Waals surface area contributed by atoms with E-state index in [1.807, 2.05) is 36.5 Å². The van der Waals surface area contributed by atoms with Crippen LogP contribution in [0, 0.1) is 0 Å². The molecule has 4 rings (SSSR count). The topological polar surface area (TPSA) is 65.8 Å². The lowest BCUT2D eigenvalue weighted by atomic mass is 9.69. The first-order valence-electron chi connectivity index (χ1n) is 11.2. The first-order valence-corrected chi connectivity index (χ1v) is 11.2. The van der Waals surface area contributed by atoms with Crippen molar-refractivity contribution in [3.63, 3.8) is 0 Å². The van der Waals surface area contributed by atoms with Crippen LogP contribution in [0.3, 0.4) is 0 Å². The van der Waals surface area contributed by atoms with Gasteiger partial charge in [-0.1, -0.05) is 0 Å². The van der Waals surface area contributed by atoms with Gasteiger partial charge in [0.25, 0.3) is 0 Å². The molecule has 0 radical (unpaired) electrons. The van der Waals surface area contributed by atoms with Gasteiger partial charge in [-0.05, 0) is 80.6 Å². The highest BCUT2D eigenvalue weighted by molar-refractivity contribution is 6.62. The number of likely N-dealkylation sites (tertiary alicyclic amines) is 1. The average Bonchev–Trinajstić information content (AvgIpc) is 3.14. The van der Waals surface area contributed by atoms with Crippen molar-refractivity contribution < 1.29 is 18.8 Å². The van der Waals surface area contributed by atoms with Crippen molar-refractivity contribution in [3.05, 3.63) is 12.4 Å². The molecular formula is C22H36BN3O4. The minimum atomic E-state index is -0.474. The Labute approximate surface area is 180 Å². The van der Waals surface area contributed by atoms with Gasteiger partial charge < -0.3 is 18.9 Å². The van der Waals surface area contributed by atoms with Gasteiger partial charge >= 0.3 is 13.2 Å². The zero-order chi connectivity index (χ0) is 21.9. The summed E-state index contributed by atoms with van der Waals surface area (Å²) >= 11 is 0. The zero-order valence-corrected chi connectivity index (χ0v) is 19.5. The molecule has 1 unspecified atom stereocenters. The third kappa shape index (κ3) is 3.77. The van der Waals surface area contributed by atoms with E-state index < -0.39 is 12.7 Å². The van der Waals surface area contributed by atoms with Crippen molar-refractivity contribution >= 4 is 18.7 Å². The van der Waals surface area contributed by atoms with Crippen LogP contribution in [0.15, 0.2) is 12.4 Å². The molecule has 3 heterocycles. The molecule has 166 valence electrons. The van der Waals surface area contributed by atoms with Crippen LogP contribution in [0.1, 0.15) is 86.6 Å². The monoisotopic (exact) mass is 417 g/mol. The third-order valence-corrected chi connectivity index (χ3v) is 7.29. The van der Waals surface area contributed by atoms with Crippen LogP contribution >= 0.6 is 0 Å². The number of piperidine rings is 1. The molecule has 8 heteroatoms. The molecule has 2 aliphatic heterocycles. The summed E-state index contributed by atoms with van der Waals surface area (Å²) in [5, 5.41) is 4.66. The fraction of sp³-hybridized carbons (Fsp3) is 0.818. The van der Waals surface area contributed by atoms with E-state index in [4.69, 9.17) is 14.0 Å². The van der Waals surface area contributed by atoms with E-state index in [-0.39, 0.29) is 28.9 Å². The first-order chi connectivity index (χ1) is 13.8. The molecule has 1 aliphatic carbocycles. The summed E-state index contributed by atoms with van der Waals surface area (Å²) in [5.41, 5.74) is -0.352. The molecule has 3 fully saturated rings. The lowest BCUT2D eigenvalue weighted by Gasteiger charge is -2.54. The number of nitrogens with zero attached hydrogens (tertiary/aromatic N) is 3. The highest BCUT2D eigenvalue weighted by atomic mass is 16.7. The van der Waals surface area contributed by atoms with E-state index in [0.717, 1.165) is 37.6 Å². The van der Waals surface area contributed by atoms with Gasteiger partial charge in [0.15, 0.2) is 0 Å². The van der Waals surface area contributed by atoms with Crippen molar-refractivity contribution in [3.8, 4) is 0 Å². The maximum Gasteiger partial charge on any atom is 0.498 e. The van der Waals surface area contributed by atoms with Gasteiger partial charge in [-0.2, -0.15) is 5.10 Å². The predicted octanol–water partition coefficient (Wildman–Crippen LogP) is 3.68. The smallest absolute Gasteiger partial charge is 0.444 e. The number of amides is 1. The van der Waals surface area contributed by atoms with Crippen molar-refractivity contribution in [2.24, 2.45) is 0 Å². The maximum atomic E-state index is 12.8. The Morgan fingerprint density at radius 2 is 1.83 bits per heavy atom. The van der Waals surface area contributed by atoms with E-state index >= 15 is 0 Å². The zero-order valence-electron chi connectivity index (χ0n) is 19.5. The fourth-order valence-electron chi connectivity index (χ4n) is 4.71. The molecule has 0 aromatic carbocycles. The summed E-state index contributed by atoms with van der Waals surface area (Å²) in [5.74, 6) is 0. The van der Waals surface area contributed by atoms with Crippen LogP contribution in [0.2, 0.25) is 0 Å². The predicted molar refractivity (Wildman–Crippen MR) is 116 cm³/mol. The molecular weight excluding hydrogens is 381 g/mol. The Kier molecular flexibility index (Phi) is 5.05. The van der Waals surface area contributed by atoms with E-state index in [2.05, 4.69) is 39.0 Å². The Morgan fingerprint density at radius 3 is 2.37 bits per heavy atom. The lowest BCUT2D eigenvalue weighted by Crippen LogP contribution is -2.61. The Balaban J connectivity index is 1.47. The van der Waals surface area contributed by atoms with Crippen molar-refractivity contribution in [2.45, 2.75) is 109 Å². The third-order valence-electron chi connectivity index (χ3n) is 7.29. The Morgan fingerprint density at radius 1 is 1.20 bits per heavy atom. The van der Waals surface area contributed by atoms with Gasteiger partial charge in [0.05, 0.1) is 17.2 Å². The van der Waals surface area contributed by atoms with Crippen molar-refractivity contribution in [1.29, 1.82) is 0 Å². The SMILES string of the molecule is CC(C)(C)OC(=O)N1CCC(n2cc(B3OC(C)(C)C(C)(C)O3)cn2)CC12CCC2. The summed E-state index contributed by atoms with van der Waals surface area (Å²) in [4.78, 5) is 14.8. The van der Waals surface area contributed by atoms with Crippen LogP contribution in [0.4, 0.5) is 4.79 Å². The molecule has 30 heavy (non-hydrogen) atoms. The van der Waals surface area contributed by atoms with Gasteiger partial charge in [0.1, 0.15) is 5.60 Å². The van der Waals surface area contributed by atoms with Gasteiger partial charge in [0.2, 0.25) is 0 Å². The fourth-order valence-corrected chi connectivity index (χ4v) is 4.71. The van der Waals surface area contributed by atoms with Gasteiger partial charge in [-0.15, -0.1) is 0 Å². The number of carbonyl (C=O) groups excluding carboxylic acids is 1. The molecule has 1 aromatic rings. The number of ether oxygens (including phenoxy) is 1. The van der Waals surface area contributed by atoms with Crippen LogP contribution in [0.25, 0.3) is 0 Å². The van der Waals surface area contributed by atoms with E-state index in [1.165, 1.54) is 0 Å². The van der Waals surface area contributed by atoms with Crippen LogP contribution < -0.4 is 5.46 Å². The number of aromatic nitrogens is 2. The van der Waals surface area contributed by atoms with Crippen molar-refractivity contribution in [2.75, 3.05) is 6.54 Å². The quantitative estimate of drug-likeness (QED) is 0.687. The molecule has 1 aromatic heterocycles. The Hall–Kier alpha value is -1.54. The summed E-state index contributed by atoms with van der Waals surface area (Å²) in [6, 6.07) is 0.264. The van der Waals surface area contributed by atoms with E-state index in [1.54, 1.807) is 0 Å². The van der Waals surface area contributed by atoms with Gasteiger partial charge in [-0.3, -0.25) is 4.68 Å². The molecule has 0 bridgehead atoms. The largest absolute Gasteiger partial charge is 0.498 e. The van der Waals surface area contributed by atoms with Crippen LogP contribution in [-0.4, -0.2) is 56.8 Å². The number of hydrogen-bond donors (Lipinski definition) is 0. The summed E-state index contributed by atoms with van der Waals surface area (Å²) in [7, 11) is -0.400. The standard InChI is InChI=1S/C22H36BN3O4/c1-19(2,3)28-18(27)25-12-9-17(13-22(25)10-8-11-22)26-15-16(14-24-26)23-29-20(4,5)21(6,7)30-23/h14-15,17H,8-13H2,1-7H3. The second-order valence-corrected chi connectivity index (χ2v) is 11.2. The molecule has 1 atom stereocenters. The Bertz CT molecular complexity index is 794. The summed E-state index contributed by atoms with van der Waals surface area (Å²) in [6.45, 7) is 14.7. The summed E-state index contributed by atoms with van der Waals surface area (Å²) < 4.78 is 20.1. The lowest BCUT2D eigenvalue weighted by molar-refractivity contribution is -0.0541. The number of carbonyl (C=O) groups is 1. The molecule has 7 nitrogen and oxygen atoms in total.